The topological polar surface area (TPSA) is 40.5 Å². The highest BCUT2D eigenvalue weighted by molar-refractivity contribution is 5.12. The van der Waals surface area contributed by atoms with Crippen molar-refractivity contribution < 1.29 is 27.8 Å². The second-order valence-corrected chi connectivity index (χ2v) is 6.23. The fourth-order valence-electron chi connectivity index (χ4n) is 4.82. The minimum atomic E-state index is -3.80. The van der Waals surface area contributed by atoms with Crippen LogP contribution in [0.3, 0.4) is 0 Å². The lowest BCUT2D eigenvalue weighted by Gasteiger charge is -2.38. The molecule has 3 rings (SSSR count). The lowest BCUT2D eigenvalue weighted by molar-refractivity contribution is -0.292. The quantitative estimate of drug-likeness (QED) is 0.756. The Balaban J connectivity index is 1.90. The minimum absolute atomic E-state index is 0.000347. The largest absolute Gasteiger partial charge is 0.359 e. The number of alkyl halides is 4. The van der Waals surface area contributed by atoms with Crippen molar-refractivity contribution in [2.45, 2.75) is 44.3 Å². The molecule has 3 saturated carbocycles. The third-order valence-corrected chi connectivity index (χ3v) is 5.61. The van der Waals surface area contributed by atoms with Crippen molar-refractivity contribution in [3.8, 4) is 0 Å². The smallest absolute Gasteiger partial charge is 0.336 e. The standard InChI is InChI=1S/C12H16F4O2/c13-11(14,17)7-3-8-6-1-2-10(5-6,9(8)4-7)12(15,16)18/h6-9,17-18H,1-5H2. The van der Waals surface area contributed by atoms with Gasteiger partial charge < -0.3 is 10.2 Å². The normalized spacial score (nSPS) is 47.7. The summed E-state index contributed by atoms with van der Waals surface area (Å²) >= 11 is 0. The summed E-state index contributed by atoms with van der Waals surface area (Å²) in [7, 11) is 0. The van der Waals surface area contributed by atoms with E-state index in [0.29, 0.717) is 6.42 Å². The zero-order chi connectivity index (χ0) is 13.3. The van der Waals surface area contributed by atoms with Crippen molar-refractivity contribution in [2.24, 2.45) is 29.1 Å². The maximum absolute atomic E-state index is 13.5. The summed E-state index contributed by atoms with van der Waals surface area (Å²) in [6, 6.07) is 0. The van der Waals surface area contributed by atoms with Gasteiger partial charge in [0, 0.05) is 0 Å². The molecule has 0 aromatic rings. The first-order chi connectivity index (χ1) is 8.15. The summed E-state index contributed by atoms with van der Waals surface area (Å²) < 4.78 is 52.8. The molecule has 2 nitrogen and oxygen atoms in total. The van der Waals surface area contributed by atoms with Crippen molar-refractivity contribution >= 4 is 0 Å². The summed E-state index contributed by atoms with van der Waals surface area (Å²) in [5.74, 6) is -2.02. The van der Waals surface area contributed by atoms with Gasteiger partial charge in [-0.2, -0.15) is 17.6 Å². The number of hydrogen-bond acceptors (Lipinski definition) is 2. The van der Waals surface area contributed by atoms with Crippen LogP contribution in [-0.4, -0.2) is 22.4 Å². The summed E-state index contributed by atoms with van der Waals surface area (Å²) in [5, 5.41) is 17.9. The van der Waals surface area contributed by atoms with Gasteiger partial charge in [-0.15, -0.1) is 0 Å². The first-order valence-electron chi connectivity index (χ1n) is 6.35. The predicted octanol–water partition coefficient (Wildman–Crippen LogP) is 2.60. The molecule has 0 amide bonds. The van der Waals surface area contributed by atoms with Crippen LogP contribution in [0.1, 0.15) is 32.1 Å². The molecule has 5 atom stereocenters. The zero-order valence-electron chi connectivity index (χ0n) is 9.75. The van der Waals surface area contributed by atoms with Gasteiger partial charge in [-0.05, 0) is 49.9 Å². The van der Waals surface area contributed by atoms with Crippen molar-refractivity contribution in [2.75, 3.05) is 0 Å². The molecule has 3 fully saturated rings. The SMILES string of the molecule is OC(F)(F)C1CC2C3CCC(C(O)(F)F)(C3)C2C1. The molecule has 2 bridgehead atoms. The van der Waals surface area contributed by atoms with Gasteiger partial charge >= 0.3 is 12.2 Å². The number of rotatable bonds is 2. The van der Waals surface area contributed by atoms with Gasteiger partial charge in [0.05, 0.1) is 11.3 Å². The molecule has 0 saturated heterocycles. The first kappa shape index (κ1) is 12.7. The highest BCUT2D eigenvalue weighted by atomic mass is 19.3. The average molecular weight is 268 g/mol. The van der Waals surface area contributed by atoms with Gasteiger partial charge in [0.25, 0.3) is 0 Å². The Bertz CT molecular complexity index is 362. The van der Waals surface area contributed by atoms with E-state index in [0.717, 1.165) is 0 Å². The number of aliphatic hydroxyl groups is 2. The lowest BCUT2D eigenvalue weighted by atomic mass is 9.70. The van der Waals surface area contributed by atoms with E-state index < -0.39 is 29.5 Å². The van der Waals surface area contributed by atoms with E-state index in [9.17, 15) is 17.6 Å². The fourth-order valence-corrected chi connectivity index (χ4v) is 4.82. The minimum Gasteiger partial charge on any atom is -0.336 e. The van der Waals surface area contributed by atoms with E-state index in [1.54, 1.807) is 0 Å². The van der Waals surface area contributed by atoms with Crippen LogP contribution in [0, 0.1) is 29.1 Å². The van der Waals surface area contributed by atoms with Crippen molar-refractivity contribution in [1.82, 2.24) is 0 Å². The molecule has 3 aliphatic carbocycles. The monoisotopic (exact) mass is 268 g/mol. The Morgan fingerprint density at radius 1 is 1.06 bits per heavy atom. The Morgan fingerprint density at radius 2 is 1.72 bits per heavy atom. The van der Waals surface area contributed by atoms with Crippen LogP contribution in [0.4, 0.5) is 17.6 Å². The van der Waals surface area contributed by atoms with Crippen LogP contribution in [0.5, 0.6) is 0 Å². The van der Waals surface area contributed by atoms with Gasteiger partial charge in [0.2, 0.25) is 0 Å². The highest BCUT2D eigenvalue weighted by Crippen LogP contribution is 2.71. The highest BCUT2D eigenvalue weighted by Gasteiger charge is 2.71. The molecule has 2 N–H and O–H groups in total. The Labute approximate surface area is 102 Å². The molecule has 5 unspecified atom stereocenters. The Kier molecular flexibility index (Phi) is 2.39. The Hall–Kier alpha value is -0.360. The third-order valence-electron chi connectivity index (χ3n) is 5.61. The summed E-state index contributed by atoms with van der Waals surface area (Å²) in [5.41, 5.74) is -1.53. The number of halogens is 4. The van der Waals surface area contributed by atoms with E-state index >= 15 is 0 Å². The van der Waals surface area contributed by atoms with Crippen molar-refractivity contribution in [1.29, 1.82) is 0 Å². The molecule has 18 heavy (non-hydrogen) atoms. The summed E-state index contributed by atoms with van der Waals surface area (Å²) in [6.45, 7) is 0. The number of fused-ring (bicyclic) bond motifs is 5. The van der Waals surface area contributed by atoms with Gasteiger partial charge in [-0.1, -0.05) is 0 Å². The van der Waals surface area contributed by atoms with E-state index in [4.69, 9.17) is 10.2 Å². The zero-order valence-corrected chi connectivity index (χ0v) is 9.75. The molecular formula is C12H16F4O2. The summed E-state index contributed by atoms with van der Waals surface area (Å²) in [6.07, 6.45) is -6.61. The molecule has 0 aromatic heterocycles. The van der Waals surface area contributed by atoms with Crippen LogP contribution in [0.25, 0.3) is 0 Å². The molecule has 0 heterocycles. The van der Waals surface area contributed by atoms with Gasteiger partial charge in [-0.25, -0.2) is 0 Å². The van der Waals surface area contributed by atoms with Crippen LogP contribution in [0.15, 0.2) is 0 Å². The molecule has 104 valence electrons. The molecule has 0 spiro atoms. The first-order valence-corrected chi connectivity index (χ1v) is 6.35. The van der Waals surface area contributed by atoms with Crippen LogP contribution >= 0.6 is 0 Å². The van der Waals surface area contributed by atoms with E-state index in [1.165, 1.54) is 0 Å². The molecule has 6 heteroatoms. The maximum Gasteiger partial charge on any atom is 0.359 e. The molecule has 0 aliphatic heterocycles. The molecular weight excluding hydrogens is 252 g/mol. The van der Waals surface area contributed by atoms with Crippen molar-refractivity contribution in [3.63, 3.8) is 0 Å². The molecule has 0 aromatic carbocycles. The Morgan fingerprint density at radius 3 is 2.28 bits per heavy atom. The average Bonchev–Trinajstić information content (AvgIpc) is 2.86. The van der Waals surface area contributed by atoms with Gasteiger partial charge in [0.1, 0.15) is 0 Å². The number of hydrogen-bond donors (Lipinski definition) is 2. The maximum atomic E-state index is 13.5. The van der Waals surface area contributed by atoms with E-state index in [-0.39, 0.29) is 37.5 Å². The molecule has 0 radical (unpaired) electrons. The van der Waals surface area contributed by atoms with Crippen LogP contribution in [-0.2, 0) is 0 Å². The second-order valence-electron chi connectivity index (χ2n) is 6.23. The van der Waals surface area contributed by atoms with Crippen LogP contribution in [0.2, 0.25) is 0 Å². The van der Waals surface area contributed by atoms with Crippen molar-refractivity contribution in [3.05, 3.63) is 0 Å². The van der Waals surface area contributed by atoms with E-state index in [1.807, 2.05) is 0 Å². The van der Waals surface area contributed by atoms with E-state index in [2.05, 4.69) is 0 Å². The van der Waals surface area contributed by atoms with Gasteiger partial charge in [0.15, 0.2) is 0 Å². The predicted molar refractivity (Wildman–Crippen MR) is 53.8 cm³/mol. The fraction of sp³-hybridized carbons (Fsp3) is 1.00. The van der Waals surface area contributed by atoms with Crippen LogP contribution < -0.4 is 0 Å². The molecule has 3 aliphatic rings. The second kappa shape index (κ2) is 3.39. The third kappa shape index (κ3) is 1.48. The summed E-state index contributed by atoms with van der Waals surface area (Å²) in [4.78, 5) is 0. The van der Waals surface area contributed by atoms with Gasteiger partial charge in [-0.3, -0.25) is 0 Å². The lowest BCUT2D eigenvalue weighted by Crippen LogP contribution is -2.44.